The summed E-state index contributed by atoms with van der Waals surface area (Å²) in [6, 6.07) is 16.3. The third-order valence-electron chi connectivity index (χ3n) is 5.79. The fourth-order valence-corrected chi connectivity index (χ4v) is 3.99. The smallest absolute Gasteiger partial charge is 0.161 e. The van der Waals surface area contributed by atoms with Crippen LogP contribution >= 0.6 is 0 Å². The lowest BCUT2D eigenvalue weighted by Gasteiger charge is -2.03. The number of nitrogens with one attached hydrogen (secondary N) is 2. The molecule has 7 nitrogen and oxygen atoms in total. The third-order valence-corrected chi connectivity index (χ3v) is 5.79. The van der Waals surface area contributed by atoms with Gasteiger partial charge in [-0.25, -0.2) is 19.3 Å². The number of hydrogen-bond acceptors (Lipinski definition) is 4. The molecule has 0 amide bonds. The summed E-state index contributed by atoms with van der Waals surface area (Å²) < 4.78 is 16.5. The molecule has 0 saturated carbocycles. The minimum absolute atomic E-state index is 0.285. The molecule has 0 saturated heterocycles. The van der Waals surface area contributed by atoms with E-state index in [2.05, 4.69) is 20.2 Å². The fourth-order valence-electron chi connectivity index (χ4n) is 3.99. The molecule has 0 spiro atoms. The quantitative estimate of drug-likeness (QED) is 0.419. The molecule has 32 heavy (non-hydrogen) atoms. The molecule has 8 heteroatoms. The van der Waals surface area contributed by atoms with Crippen LogP contribution in [-0.2, 0) is 7.05 Å². The first-order valence-electron chi connectivity index (χ1n) is 10.2. The standard InChI is InChI=1S/C24H18FN7/c1-13-26-12-20(32(13)2)17-10-11-19-22(27-17)23(31-30-19)24-28-18-9-5-7-15(21(18)29-24)14-6-3-4-8-16(14)25/h3-12H,1-2H3,(H,28,29)(H,30,31). The topological polar surface area (TPSA) is 88.1 Å². The highest BCUT2D eigenvalue weighted by Gasteiger charge is 2.18. The summed E-state index contributed by atoms with van der Waals surface area (Å²) in [5.41, 5.74) is 6.55. The van der Waals surface area contributed by atoms with Crippen LogP contribution in [0.15, 0.2) is 60.8 Å². The van der Waals surface area contributed by atoms with Crippen molar-refractivity contribution in [3.63, 3.8) is 0 Å². The zero-order chi connectivity index (χ0) is 21.8. The number of rotatable bonds is 3. The number of aromatic amines is 2. The van der Waals surface area contributed by atoms with Gasteiger partial charge in [0, 0.05) is 18.2 Å². The van der Waals surface area contributed by atoms with E-state index in [1.807, 2.05) is 61.1 Å². The van der Waals surface area contributed by atoms with Crippen molar-refractivity contribution >= 4 is 22.1 Å². The van der Waals surface area contributed by atoms with Crippen LogP contribution in [0.25, 0.3) is 56.1 Å². The number of fused-ring (bicyclic) bond motifs is 2. The molecule has 0 unspecified atom stereocenters. The molecule has 0 bridgehead atoms. The molecule has 156 valence electrons. The monoisotopic (exact) mass is 423 g/mol. The highest BCUT2D eigenvalue weighted by molar-refractivity contribution is 5.96. The Morgan fingerprint density at radius 3 is 2.53 bits per heavy atom. The van der Waals surface area contributed by atoms with E-state index in [0.717, 1.165) is 33.8 Å². The number of H-pyrrole nitrogens is 2. The summed E-state index contributed by atoms with van der Waals surface area (Å²) in [6.07, 6.45) is 1.81. The van der Waals surface area contributed by atoms with Crippen LogP contribution in [0.4, 0.5) is 4.39 Å². The van der Waals surface area contributed by atoms with Crippen LogP contribution in [0, 0.1) is 12.7 Å². The largest absolute Gasteiger partial charge is 0.336 e. The number of benzene rings is 2. The Hall–Kier alpha value is -4.33. The number of pyridine rings is 1. The maximum atomic E-state index is 14.5. The van der Waals surface area contributed by atoms with Gasteiger partial charge in [-0.15, -0.1) is 0 Å². The molecule has 0 fully saturated rings. The van der Waals surface area contributed by atoms with E-state index < -0.39 is 0 Å². The Morgan fingerprint density at radius 2 is 1.72 bits per heavy atom. The van der Waals surface area contributed by atoms with Crippen LogP contribution in [0.3, 0.4) is 0 Å². The van der Waals surface area contributed by atoms with E-state index in [1.165, 1.54) is 6.07 Å². The maximum absolute atomic E-state index is 14.5. The van der Waals surface area contributed by atoms with Gasteiger partial charge in [0.25, 0.3) is 0 Å². The molecule has 0 radical (unpaired) electrons. The van der Waals surface area contributed by atoms with Crippen molar-refractivity contribution < 1.29 is 4.39 Å². The van der Waals surface area contributed by atoms with Gasteiger partial charge in [0.05, 0.1) is 34.1 Å². The summed E-state index contributed by atoms with van der Waals surface area (Å²) >= 11 is 0. The molecule has 0 aliphatic heterocycles. The van der Waals surface area contributed by atoms with Gasteiger partial charge in [-0.3, -0.25) is 5.10 Å². The minimum Gasteiger partial charge on any atom is -0.336 e. The highest BCUT2D eigenvalue weighted by Crippen LogP contribution is 2.32. The molecule has 0 aliphatic carbocycles. The first-order chi connectivity index (χ1) is 15.6. The number of hydrogen-bond donors (Lipinski definition) is 2. The fraction of sp³-hybridized carbons (Fsp3) is 0.0833. The molecule has 0 aliphatic rings. The summed E-state index contributed by atoms with van der Waals surface area (Å²) in [6.45, 7) is 1.95. The lowest BCUT2D eigenvalue weighted by molar-refractivity contribution is 0.631. The second kappa shape index (κ2) is 6.84. The van der Waals surface area contributed by atoms with E-state index >= 15 is 0 Å². The average molecular weight is 423 g/mol. The molecule has 0 atom stereocenters. The van der Waals surface area contributed by atoms with E-state index in [-0.39, 0.29) is 5.82 Å². The Bertz CT molecular complexity index is 1620. The molecular formula is C24H18FN7. The average Bonchev–Trinajstić information content (AvgIpc) is 3.50. The number of nitrogens with zero attached hydrogens (tertiary/aromatic N) is 5. The van der Waals surface area contributed by atoms with Gasteiger partial charge in [0.15, 0.2) is 11.5 Å². The van der Waals surface area contributed by atoms with Crippen molar-refractivity contribution in [3.05, 3.63) is 72.4 Å². The first kappa shape index (κ1) is 18.4. The first-order valence-corrected chi connectivity index (χ1v) is 10.2. The predicted octanol–water partition coefficient (Wildman–Crippen LogP) is 5.02. The van der Waals surface area contributed by atoms with E-state index in [9.17, 15) is 4.39 Å². The van der Waals surface area contributed by atoms with Crippen LogP contribution in [-0.4, -0.2) is 34.7 Å². The summed E-state index contributed by atoms with van der Waals surface area (Å²) in [5.74, 6) is 1.20. The second-order valence-electron chi connectivity index (χ2n) is 7.68. The number of imidazole rings is 2. The normalized spacial score (nSPS) is 11.6. The molecule has 4 heterocycles. The highest BCUT2D eigenvalue weighted by atomic mass is 19.1. The Morgan fingerprint density at radius 1 is 0.875 bits per heavy atom. The van der Waals surface area contributed by atoms with Crippen molar-refractivity contribution in [1.82, 2.24) is 34.7 Å². The molecular weight excluding hydrogens is 405 g/mol. The Kier molecular flexibility index (Phi) is 3.94. The van der Waals surface area contributed by atoms with Gasteiger partial charge in [0.2, 0.25) is 0 Å². The number of aryl methyl sites for hydroxylation is 1. The summed E-state index contributed by atoms with van der Waals surface area (Å²) in [7, 11) is 1.96. The lowest BCUT2D eigenvalue weighted by atomic mass is 10.0. The van der Waals surface area contributed by atoms with Gasteiger partial charge in [0.1, 0.15) is 17.2 Å². The maximum Gasteiger partial charge on any atom is 0.161 e. The SMILES string of the molecule is Cc1ncc(-c2ccc3[nH]nc(-c4nc5c(-c6ccccc6F)cccc5[nH]4)c3n2)n1C. The Balaban J connectivity index is 1.53. The van der Waals surface area contributed by atoms with Gasteiger partial charge in [-0.2, -0.15) is 5.10 Å². The summed E-state index contributed by atoms with van der Waals surface area (Å²) in [4.78, 5) is 17.3. The van der Waals surface area contributed by atoms with Gasteiger partial charge in [-0.1, -0.05) is 30.3 Å². The number of para-hydroxylation sites is 1. The van der Waals surface area contributed by atoms with E-state index in [4.69, 9.17) is 9.97 Å². The van der Waals surface area contributed by atoms with Crippen LogP contribution in [0.1, 0.15) is 5.82 Å². The third kappa shape index (κ3) is 2.73. The zero-order valence-electron chi connectivity index (χ0n) is 17.4. The van der Waals surface area contributed by atoms with Crippen molar-refractivity contribution in [2.24, 2.45) is 7.05 Å². The van der Waals surface area contributed by atoms with Crippen LogP contribution in [0.2, 0.25) is 0 Å². The van der Waals surface area contributed by atoms with Crippen LogP contribution < -0.4 is 0 Å². The van der Waals surface area contributed by atoms with Gasteiger partial charge in [-0.05, 0) is 31.2 Å². The lowest BCUT2D eigenvalue weighted by Crippen LogP contribution is -1.96. The van der Waals surface area contributed by atoms with Crippen LogP contribution in [0.5, 0.6) is 0 Å². The second-order valence-corrected chi connectivity index (χ2v) is 7.68. The minimum atomic E-state index is -0.285. The molecule has 2 aromatic carbocycles. The predicted molar refractivity (Wildman–Crippen MR) is 121 cm³/mol. The molecule has 6 rings (SSSR count). The molecule has 4 aromatic heterocycles. The van der Waals surface area contributed by atoms with Gasteiger partial charge >= 0.3 is 0 Å². The van der Waals surface area contributed by atoms with Crippen molar-refractivity contribution in [2.75, 3.05) is 0 Å². The van der Waals surface area contributed by atoms with Crippen molar-refractivity contribution in [2.45, 2.75) is 6.92 Å². The molecule has 2 N–H and O–H groups in total. The van der Waals surface area contributed by atoms with Crippen molar-refractivity contribution in [1.29, 1.82) is 0 Å². The van der Waals surface area contributed by atoms with Gasteiger partial charge < -0.3 is 9.55 Å². The molecule has 6 aromatic rings. The zero-order valence-corrected chi connectivity index (χ0v) is 17.4. The Labute approximate surface area is 182 Å². The van der Waals surface area contributed by atoms with Crippen molar-refractivity contribution in [3.8, 4) is 34.0 Å². The van der Waals surface area contributed by atoms with E-state index in [0.29, 0.717) is 28.1 Å². The summed E-state index contributed by atoms with van der Waals surface area (Å²) in [5, 5.41) is 7.50. The number of aromatic nitrogens is 7. The van der Waals surface area contributed by atoms with E-state index in [1.54, 1.807) is 12.1 Å². The number of halogens is 1.